The molecule has 0 saturated carbocycles. The minimum absolute atomic E-state index is 0.279. The molecule has 35 heavy (non-hydrogen) atoms. The third-order valence-corrected chi connectivity index (χ3v) is 5.54. The van der Waals surface area contributed by atoms with E-state index in [9.17, 15) is 13.2 Å². The number of rotatable bonds is 10. The Hall–Kier alpha value is -3.66. The van der Waals surface area contributed by atoms with E-state index in [2.05, 4.69) is 9.46 Å². The third kappa shape index (κ3) is 7.16. The molecular weight excluding hydrogens is 483 g/mol. The van der Waals surface area contributed by atoms with Crippen molar-refractivity contribution in [2.45, 2.75) is 11.3 Å². The van der Waals surface area contributed by atoms with E-state index in [1.165, 1.54) is 36.2 Å². The first-order chi connectivity index (χ1) is 16.8. The van der Waals surface area contributed by atoms with Crippen LogP contribution in [0.4, 0.5) is 18.9 Å². The second-order valence-electron chi connectivity index (χ2n) is 6.98. The fourth-order valence-corrected chi connectivity index (χ4v) is 3.78. The number of halogens is 3. The van der Waals surface area contributed by atoms with Crippen molar-refractivity contribution in [2.75, 3.05) is 33.2 Å². The van der Waals surface area contributed by atoms with Gasteiger partial charge in [-0.05, 0) is 71.6 Å². The molecule has 0 amide bonds. The second kappa shape index (κ2) is 11.7. The summed E-state index contributed by atoms with van der Waals surface area (Å²) < 4.78 is 65.6. The maximum Gasteiger partial charge on any atom is 0.573 e. The van der Waals surface area contributed by atoms with Gasteiger partial charge in [-0.1, -0.05) is 18.2 Å². The van der Waals surface area contributed by atoms with Crippen molar-refractivity contribution >= 4 is 29.8 Å². The highest BCUT2D eigenvalue weighted by Gasteiger charge is 2.30. The molecule has 10 heteroatoms. The van der Waals surface area contributed by atoms with Crippen molar-refractivity contribution in [1.29, 1.82) is 0 Å². The highest BCUT2D eigenvalue weighted by molar-refractivity contribution is 8.00. The Kier molecular flexibility index (Phi) is 8.64. The molecule has 0 saturated heterocycles. The number of methoxy groups -OCH3 is 4. The molecule has 0 atom stereocenters. The Balaban J connectivity index is 1.76. The van der Waals surface area contributed by atoms with Gasteiger partial charge in [0, 0.05) is 4.90 Å². The smallest absolute Gasteiger partial charge is 0.495 e. The zero-order valence-corrected chi connectivity index (χ0v) is 20.3. The molecule has 0 aromatic heterocycles. The van der Waals surface area contributed by atoms with Crippen LogP contribution in [0.5, 0.6) is 28.7 Å². The summed E-state index contributed by atoms with van der Waals surface area (Å²) in [6.07, 6.45) is -0.905. The lowest BCUT2D eigenvalue weighted by atomic mass is 10.1. The molecule has 0 aliphatic heterocycles. The van der Waals surface area contributed by atoms with Gasteiger partial charge in [0.2, 0.25) is 5.75 Å². The molecule has 0 aliphatic rings. The summed E-state index contributed by atoms with van der Waals surface area (Å²) in [6, 6.07) is 14.8. The molecule has 0 unspecified atom stereocenters. The zero-order valence-electron chi connectivity index (χ0n) is 19.4. The molecule has 0 fully saturated rings. The first-order valence-electron chi connectivity index (χ1n) is 10.2. The molecule has 0 spiro atoms. The minimum atomic E-state index is -4.73. The number of hydrogen-bond donors (Lipinski definition) is 1. The van der Waals surface area contributed by atoms with Crippen LogP contribution in [0.15, 0.2) is 59.5 Å². The van der Waals surface area contributed by atoms with E-state index in [-0.39, 0.29) is 5.75 Å². The molecule has 3 aromatic carbocycles. The van der Waals surface area contributed by atoms with Crippen LogP contribution in [0.25, 0.3) is 12.2 Å². The minimum Gasteiger partial charge on any atom is -0.495 e. The highest BCUT2D eigenvalue weighted by Crippen LogP contribution is 2.39. The predicted molar refractivity (Wildman–Crippen MR) is 131 cm³/mol. The van der Waals surface area contributed by atoms with Crippen LogP contribution in [0.2, 0.25) is 0 Å². The molecule has 186 valence electrons. The van der Waals surface area contributed by atoms with Gasteiger partial charge >= 0.3 is 6.36 Å². The van der Waals surface area contributed by atoms with E-state index >= 15 is 0 Å². The molecule has 0 aliphatic carbocycles. The molecule has 0 radical (unpaired) electrons. The number of hydrogen-bond acceptors (Lipinski definition) is 7. The molecule has 6 nitrogen and oxygen atoms in total. The number of alkyl halides is 3. The second-order valence-corrected chi connectivity index (χ2v) is 7.85. The molecule has 0 heterocycles. The standard InChI is InChI=1S/C25H24F3NO5S/c1-30-21-12-7-16(5-6-17-14-22(31-2)24(33-4)23(15-17)32-3)13-20(21)29-35-19-10-8-18(9-11-19)34-25(26,27)28/h5-15,29H,1-4H3/b6-5-. The Morgan fingerprint density at radius 1 is 0.714 bits per heavy atom. The summed E-state index contributed by atoms with van der Waals surface area (Å²) in [7, 11) is 6.21. The van der Waals surface area contributed by atoms with Gasteiger partial charge in [-0.15, -0.1) is 13.2 Å². The highest BCUT2D eigenvalue weighted by atomic mass is 32.2. The van der Waals surface area contributed by atoms with Gasteiger partial charge in [-0.3, -0.25) is 0 Å². The average Bonchev–Trinajstić information content (AvgIpc) is 2.85. The number of benzene rings is 3. The Labute approximate surface area is 205 Å². The summed E-state index contributed by atoms with van der Waals surface area (Å²) >= 11 is 1.23. The maximum atomic E-state index is 12.3. The SMILES string of the molecule is COc1ccc(/C=C\c2cc(OC)c(OC)c(OC)c2)cc1NSc1ccc(OC(F)(F)F)cc1. The largest absolute Gasteiger partial charge is 0.573 e. The molecule has 3 aromatic rings. The first kappa shape index (κ1) is 26.0. The van der Waals surface area contributed by atoms with Gasteiger partial charge in [0.25, 0.3) is 0 Å². The molecule has 3 rings (SSSR count). The van der Waals surface area contributed by atoms with E-state index in [1.54, 1.807) is 28.4 Å². The lowest BCUT2D eigenvalue weighted by Gasteiger charge is -2.13. The normalized spacial score (nSPS) is 11.3. The van der Waals surface area contributed by atoms with E-state index < -0.39 is 6.36 Å². The van der Waals surface area contributed by atoms with Crippen LogP contribution < -0.4 is 28.4 Å². The van der Waals surface area contributed by atoms with Crippen LogP contribution in [-0.4, -0.2) is 34.8 Å². The fraction of sp³-hybridized carbons (Fsp3) is 0.200. The van der Waals surface area contributed by atoms with Crippen molar-refractivity contribution in [2.24, 2.45) is 0 Å². The van der Waals surface area contributed by atoms with Gasteiger partial charge in [-0.2, -0.15) is 0 Å². The Morgan fingerprint density at radius 3 is 1.86 bits per heavy atom. The van der Waals surface area contributed by atoms with Gasteiger partial charge in [0.05, 0.1) is 34.1 Å². The van der Waals surface area contributed by atoms with Crippen molar-refractivity contribution in [1.82, 2.24) is 0 Å². The van der Waals surface area contributed by atoms with Crippen LogP contribution in [0.3, 0.4) is 0 Å². The quantitative estimate of drug-likeness (QED) is 0.236. The Bertz CT molecular complexity index is 1140. The molecule has 1 N–H and O–H groups in total. The van der Waals surface area contributed by atoms with E-state index in [0.29, 0.717) is 33.6 Å². The van der Waals surface area contributed by atoms with Crippen molar-refractivity contribution in [3.63, 3.8) is 0 Å². The van der Waals surface area contributed by atoms with Crippen LogP contribution in [0.1, 0.15) is 11.1 Å². The maximum absolute atomic E-state index is 12.3. The summed E-state index contributed by atoms with van der Waals surface area (Å²) in [5.74, 6) is 1.94. The molecular formula is C25H24F3NO5S. The van der Waals surface area contributed by atoms with Crippen molar-refractivity contribution < 1.29 is 36.9 Å². The number of ether oxygens (including phenoxy) is 5. The molecule has 0 bridgehead atoms. The van der Waals surface area contributed by atoms with Crippen LogP contribution in [-0.2, 0) is 0 Å². The van der Waals surface area contributed by atoms with E-state index in [0.717, 1.165) is 11.1 Å². The van der Waals surface area contributed by atoms with Gasteiger partial charge < -0.3 is 28.4 Å². The van der Waals surface area contributed by atoms with Gasteiger partial charge in [-0.25, -0.2) is 0 Å². The fourth-order valence-electron chi connectivity index (χ4n) is 3.12. The summed E-state index contributed by atoms with van der Waals surface area (Å²) in [5.41, 5.74) is 2.43. The average molecular weight is 508 g/mol. The third-order valence-electron chi connectivity index (χ3n) is 4.71. The Morgan fingerprint density at radius 2 is 1.31 bits per heavy atom. The topological polar surface area (TPSA) is 58.2 Å². The summed E-state index contributed by atoms with van der Waals surface area (Å²) in [4.78, 5) is 0.694. The van der Waals surface area contributed by atoms with Crippen LogP contribution in [0, 0.1) is 0 Å². The lowest BCUT2D eigenvalue weighted by molar-refractivity contribution is -0.274. The van der Waals surface area contributed by atoms with Gasteiger partial charge in [0.1, 0.15) is 11.5 Å². The predicted octanol–water partition coefficient (Wildman–Crippen LogP) is 6.91. The van der Waals surface area contributed by atoms with Crippen molar-refractivity contribution in [3.05, 3.63) is 65.7 Å². The monoisotopic (exact) mass is 507 g/mol. The van der Waals surface area contributed by atoms with Crippen LogP contribution >= 0.6 is 11.9 Å². The summed E-state index contributed by atoms with van der Waals surface area (Å²) in [5, 5.41) is 0. The number of anilines is 1. The lowest BCUT2D eigenvalue weighted by Crippen LogP contribution is -2.16. The first-order valence-corrected chi connectivity index (χ1v) is 11.0. The van der Waals surface area contributed by atoms with E-state index in [4.69, 9.17) is 18.9 Å². The summed E-state index contributed by atoms with van der Waals surface area (Å²) in [6.45, 7) is 0. The number of nitrogens with one attached hydrogen (secondary N) is 1. The van der Waals surface area contributed by atoms with Gasteiger partial charge in [0.15, 0.2) is 11.5 Å². The van der Waals surface area contributed by atoms with E-state index in [1.807, 2.05) is 42.5 Å². The zero-order chi connectivity index (χ0) is 25.4. The van der Waals surface area contributed by atoms with Crippen molar-refractivity contribution in [3.8, 4) is 28.7 Å².